The number of amides is 1. The SMILES string of the molecule is CN(C(=O)c1ccccc1Br)C1CCCNCC1. The summed E-state index contributed by atoms with van der Waals surface area (Å²) in [5, 5.41) is 3.37. The van der Waals surface area contributed by atoms with Gasteiger partial charge in [-0.3, -0.25) is 4.79 Å². The first-order chi connectivity index (χ1) is 8.70. The molecule has 1 aliphatic heterocycles. The fourth-order valence-corrected chi connectivity index (χ4v) is 2.83. The number of carbonyl (C=O) groups is 1. The van der Waals surface area contributed by atoms with Crippen LogP contribution in [0.4, 0.5) is 0 Å². The molecule has 0 radical (unpaired) electrons. The normalized spacial score (nSPS) is 20.2. The third-order valence-electron chi connectivity index (χ3n) is 3.52. The minimum atomic E-state index is 0.106. The van der Waals surface area contributed by atoms with Crippen molar-refractivity contribution in [1.29, 1.82) is 0 Å². The highest BCUT2D eigenvalue weighted by atomic mass is 79.9. The third kappa shape index (κ3) is 3.12. The van der Waals surface area contributed by atoms with Crippen LogP contribution in [-0.4, -0.2) is 37.0 Å². The van der Waals surface area contributed by atoms with Crippen LogP contribution in [0.5, 0.6) is 0 Å². The highest BCUT2D eigenvalue weighted by Gasteiger charge is 2.23. The van der Waals surface area contributed by atoms with Crippen LogP contribution in [0.25, 0.3) is 0 Å². The molecule has 1 N–H and O–H groups in total. The number of nitrogens with one attached hydrogen (secondary N) is 1. The van der Waals surface area contributed by atoms with Gasteiger partial charge in [0, 0.05) is 17.6 Å². The Kier molecular flexibility index (Phi) is 4.78. The van der Waals surface area contributed by atoms with Crippen molar-refractivity contribution < 1.29 is 4.79 Å². The van der Waals surface area contributed by atoms with Gasteiger partial charge in [0.25, 0.3) is 5.91 Å². The summed E-state index contributed by atoms with van der Waals surface area (Å²) in [6.45, 7) is 2.06. The zero-order chi connectivity index (χ0) is 13.0. The van der Waals surface area contributed by atoms with Crippen molar-refractivity contribution in [3.05, 3.63) is 34.3 Å². The molecule has 1 saturated heterocycles. The predicted molar refractivity (Wildman–Crippen MR) is 76.7 cm³/mol. The first kappa shape index (κ1) is 13.6. The van der Waals surface area contributed by atoms with Crippen LogP contribution in [-0.2, 0) is 0 Å². The van der Waals surface area contributed by atoms with E-state index in [0.29, 0.717) is 6.04 Å². The highest BCUT2D eigenvalue weighted by molar-refractivity contribution is 9.10. The molecular formula is C14H19BrN2O. The van der Waals surface area contributed by atoms with E-state index in [1.54, 1.807) is 0 Å². The van der Waals surface area contributed by atoms with Crippen LogP contribution in [0, 0.1) is 0 Å². The Hall–Kier alpha value is -0.870. The molecule has 0 spiro atoms. The molecule has 1 aromatic rings. The van der Waals surface area contributed by atoms with Gasteiger partial charge in [0.1, 0.15) is 0 Å². The molecule has 0 aliphatic carbocycles. The molecule has 1 fully saturated rings. The number of hydrogen-bond donors (Lipinski definition) is 1. The van der Waals surface area contributed by atoms with Gasteiger partial charge in [0.05, 0.1) is 5.56 Å². The molecule has 1 amide bonds. The van der Waals surface area contributed by atoms with E-state index >= 15 is 0 Å². The monoisotopic (exact) mass is 310 g/mol. The molecule has 3 nitrogen and oxygen atoms in total. The maximum Gasteiger partial charge on any atom is 0.254 e. The van der Waals surface area contributed by atoms with Gasteiger partial charge in [-0.15, -0.1) is 0 Å². The van der Waals surface area contributed by atoms with E-state index in [0.717, 1.165) is 42.4 Å². The molecular weight excluding hydrogens is 292 g/mol. The van der Waals surface area contributed by atoms with Crippen LogP contribution in [0.2, 0.25) is 0 Å². The van der Waals surface area contributed by atoms with Crippen molar-refractivity contribution >= 4 is 21.8 Å². The third-order valence-corrected chi connectivity index (χ3v) is 4.21. The second kappa shape index (κ2) is 6.34. The van der Waals surface area contributed by atoms with Crippen LogP contribution in [0.1, 0.15) is 29.6 Å². The van der Waals surface area contributed by atoms with E-state index in [-0.39, 0.29) is 5.91 Å². The molecule has 0 saturated carbocycles. The zero-order valence-corrected chi connectivity index (χ0v) is 12.2. The second-order valence-electron chi connectivity index (χ2n) is 4.73. The second-order valence-corrected chi connectivity index (χ2v) is 5.58. The maximum absolute atomic E-state index is 12.5. The number of benzene rings is 1. The predicted octanol–water partition coefficient (Wildman–Crippen LogP) is 2.66. The molecule has 1 unspecified atom stereocenters. The van der Waals surface area contributed by atoms with Gasteiger partial charge < -0.3 is 10.2 Å². The van der Waals surface area contributed by atoms with Gasteiger partial charge in [-0.1, -0.05) is 12.1 Å². The van der Waals surface area contributed by atoms with Crippen molar-refractivity contribution in [1.82, 2.24) is 10.2 Å². The average Bonchev–Trinajstić information content (AvgIpc) is 2.66. The Morgan fingerprint density at radius 1 is 1.33 bits per heavy atom. The number of rotatable bonds is 2. The Bertz CT molecular complexity index is 414. The summed E-state index contributed by atoms with van der Waals surface area (Å²) in [4.78, 5) is 14.3. The summed E-state index contributed by atoms with van der Waals surface area (Å²) in [5.41, 5.74) is 0.747. The van der Waals surface area contributed by atoms with Crippen LogP contribution in [0.15, 0.2) is 28.7 Å². The number of nitrogens with zero attached hydrogens (tertiary/aromatic N) is 1. The largest absolute Gasteiger partial charge is 0.339 e. The minimum absolute atomic E-state index is 0.106. The maximum atomic E-state index is 12.5. The van der Waals surface area contributed by atoms with Crippen LogP contribution < -0.4 is 5.32 Å². The van der Waals surface area contributed by atoms with E-state index < -0.39 is 0 Å². The molecule has 1 atom stereocenters. The molecule has 0 bridgehead atoms. The Morgan fingerprint density at radius 2 is 2.11 bits per heavy atom. The smallest absolute Gasteiger partial charge is 0.254 e. The first-order valence-corrected chi connectivity index (χ1v) is 7.22. The summed E-state index contributed by atoms with van der Waals surface area (Å²) >= 11 is 3.44. The lowest BCUT2D eigenvalue weighted by molar-refractivity contribution is 0.0719. The van der Waals surface area contributed by atoms with E-state index in [1.807, 2.05) is 36.2 Å². The molecule has 1 aromatic carbocycles. The van der Waals surface area contributed by atoms with Gasteiger partial charge in [-0.2, -0.15) is 0 Å². The molecule has 4 heteroatoms. The Morgan fingerprint density at radius 3 is 2.89 bits per heavy atom. The Balaban J connectivity index is 2.10. The summed E-state index contributed by atoms with van der Waals surface area (Å²) in [6.07, 6.45) is 3.25. The Labute approximate surface area is 117 Å². The van der Waals surface area contributed by atoms with Crippen molar-refractivity contribution in [2.24, 2.45) is 0 Å². The van der Waals surface area contributed by atoms with Crippen LogP contribution in [0.3, 0.4) is 0 Å². The van der Waals surface area contributed by atoms with Crippen LogP contribution >= 0.6 is 15.9 Å². The molecule has 1 aliphatic rings. The molecule has 0 aromatic heterocycles. The quantitative estimate of drug-likeness (QED) is 0.911. The summed E-state index contributed by atoms with van der Waals surface area (Å²) in [6, 6.07) is 7.96. The fraction of sp³-hybridized carbons (Fsp3) is 0.500. The highest BCUT2D eigenvalue weighted by Crippen LogP contribution is 2.20. The van der Waals surface area contributed by atoms with Gasteiger partial charge in [0.2, 0.25) is 0 Å². The number of hydrogen-bond acceptors (Lipinski definition) is 2. The lowest BCUT2D eigenvalue weighted by Crippen LogP contribution is -2.37. The number of halogens is 1. The standard InChI is InChI=1S/C14H19BrN2O/c1-17(11-5-4-9-16-10-8-11)14(18)12-6-2-3-7-13(12)15/h2-3,6-7,11,16H,4-5,8-10H2,1H3. The first-order valence-electron chi connectivity index (χ1n) is 6.42. The summed E-state index contributed by atoms with van der Waals surface area (Å²) in [5.74, 6) is 0.106. The van der Waals surface area contributed by atoms with Gasteiger partial charge in [0.15, 0.2) is 0 Å². The van der Waals surface area contributed by atoms with E-state index in [2.05, 4.69) is 21.2 Å². The summed E-state index contributed by atoms with van der Waals surface area (Å²) < 4.78 is 0.869. The zero-order valence-electron chi connectivity index (χ0n) is 10.7. The van der Waals surface area contributed by atoms with Gasteiger partial charge >= 0.3 is 0 Å². The van der Waals surface area contributed by atoms with Crippen molar-refractivity contribution in [2.45, 2.75) is 25.3 Å². The topological polar surface area (TPSA) is 32.3 Å². The fourth-order valence-electron chi connectivity index (χ4n) is 2.38. The lowest BCUT2D eigenvalue weighted by Gasteiger charge is -2.27. The molecule has 1 heterocycles. The van der Waals surface area contributed by atoms with E-state index in [9.17, 15) is 4.79 Å². The lowest BCUT2D eigenvalue weighted by atomic mass is 10.1. The van der Waals surface area contributed by atoms with E-state index in [1.165, 1.54) is 0 Å². The van der Waals surface area contributed by atoms with Crippen molar-refractivity contribution in [3.8, 4) is 0 Å². The minimum Gasteiger partial charge on any atom is -0.339 e. The molecule has 2 rings (SSSR count). The number of carbonyl (C=O) groups excluding carboxylic acids is 1. The van der Waals surface area contributed by atoms with Crippen molar-refractivity contribution in [2.75, 3.05) is 20.1 Å². The van der Waals surface area contributed by atoms with E-state index in [4.69, 9.17) is 0 Å². The van der Waals surface area contributed by atoms with Gasteiger partial charge in [-0.25, -0.2) is 0 Å². The van der Waals surface area contributed by atoms with Crippen molar-refractivity contribution in [3.63, 3.8) is 0 Å². The molecule has 18 heavy (non-hydrogen) atoms. The summed E-state index contributed by atoms with van der Waals surface area (Å²) in [7, 11) is 1.91. The van der Waals surface area contributed by atoms with Gasteiger partial charge in [-0.05, 0) is 60.4 Å². The molecule has 98 valence electrons. The average molecular weight is 311 g/mol.